The lowest BCUT2D eigenvalue weighted by Gasteiger charge is -2.03. The van der Waals surface area contributed by atoms with Crippen molar-refractivity contribution in [3.63, 3.8) is 0 Å². The van der Waals surface area contributed by atoms with Gasteiger partial charge in [0.2, 0.25) is 0 Å². The first-order valence-electron chi connectivity index (χ1n) is 5.54. The molecule has 1 atom stereocenters. The highest BCUT2D eigenvalue weighted by Crippen LogP contribution is 2.41. The molecule has 0 saturated heterocycles. The first kappa shape index (κ1) is 12.2. The van der Waals surface area contributed by atoms with Crippen LogP contribution in [0, 0.1) is 0 Å². The minimum Gasteiger partial charge on any atom is -0.255 e. The fraction of sp³-hybridized carbons (Fsp3) is 0.143. The quantitative estimate of drug-likeness (QED) is 0.646. The third-order valence-corrected chi connectivity index (χ3v) is 5.84. The monoisotopic (exact) mass is 292 g/mol. The number of rotatable bonds is 2. The standard InChI is InChI=1S/C14H12OS3/c1-16-9-5-3-6-10-13(9)14-11(17-10)7-4-8-12(14)18(2)15/h3-8H,1-2H3. The summed E-state index contributed by atoms with van der Waals surface area (Å²) in [5.74, 6) is 0. The van der Waals surface area contributed by atoms with E-state index in [1.54, 1.807) is 29.4 Å². The average molecular weight is 292 g/mol. The molecule has 0 fully saturated rings. The summed E-state index contributed by atoms with van der Waals surface area (Å²) in [4.78, 5) is 2.21. The lowest BCUT2D eigenvalue weighted by atomic mass is 10.1. The second-order valence-corrected chi connectivity index (χ2v) is 7.30. The third kappa shape index (κ3) is 1.79. The van der Waals surface area contributed by atoms with Gasteiger partial charge in [0.05, 0.1) is 10.8 Å². The molecule has 2 aromatic carbocycles. The zero-order valence-corrected chi connectivity index (χ0v) is 12.5. The summed E-state index contributed by atoms with van der Waals surface area (Å²) in [7, 11) is -0.951. The molecule has 3 rings (SSSR count). The maximum Gasteiger partial charge on any atom is 0.0504 e. The topological polar surface area (TPSA) is 17.1 Å². The molecule has 92 valence electrons. The number of hydrogen-bond donors (Lipinski definition) is 0. The molecule has 1 aromatic heterocycles. The van der Waals surface area contributed by atoms with Gasteiger partial charge in [-0.1, -0.05) is 12.1 Å². The van der Waals surface area contributed by atoms with Crippen LogP contribution in [0.25, 0.3) is 20.2 Å². The van der Waals surface area contributed by atoms with E-state index in [2.05, 4.69) is 30.5 Å². The minimum atomic E-state index is -0.951. The largest absolute Gasteiger partial charge is 0.255 e. The molecular weight excluding hydrogens is 280 g/mol. The van der Waals surface area contributed by atoms with Gasteiger partial charge in [-0.05, 0) is 30.5 Å². The van der Waals surface area contributed by atoms with Gasteiger partial charge in [-0.2, -0.15) is 0 Å². The second-order valence-electron chi connectivity index (χ2n) is 4.02. The van der Waals surface area contributed by atoms with Crippen molar-refractivity contribution < 1.29 is 4.21 Å². The molecule has 0 spiro atoms. The maximum atomic E-state index is 11.9. The molecule has 4 heteroatoms. The summed E-state index contributed by atoms with van der Waals surface area (Å²) in [6.07, 6.45) is 3.84. The predicted octanol–water partition coefficient (Wildman–Crippen LogP) is 4.51. The molecule has 3 aromatic rings. The lowest BCUT2D eigenvalue weighted by Crippen LogP contribution is -1.87. The molecule has 18 heavy (non-hydrogen) atoms. The molecule has 0 N–H and O–H groups in total. The Bertz CT molecular complexity index is 758. The molecule has 0 amide bonds. The Labute approximate surface area is 117 Å². The van der Waals surface area contributed by atoms with Crippen LogP contribution < -0.4 is 0 Å². The van der Waals surface area contributed by atoms with Crippen LogP contribution >= 0.6 is 23.1 Å². The van der Waals surface area contributed by atoms with Gasteiger partial charge in [-0.25, -0.2) is 0 Å². The molecule has 1 heterocycles. The molecule has 0 aliphatic carbocycles. The first-order valence-corrected chi connectivity index (χ1v) is 9.14. The van der Waals surface area contributed by atoms with E-state index in [1.807, 2.05) is 12.1 Å². The molecule has 0 saturated carbocycles. The maximum absolute atomic E-state index is 11.9. The Morgan fingerprint density at radius 2 is 1.72 bits per heavy atom. The van der Waals surface area contributed by atoms with Crippen molar-refractivity contribution in [2.45, 2.75) is 9.79 Å². The van der Waals surface area contributed by atoms with Crippen LogP contribution in [0.3, 0.4) is 0 Å². The molecule has 0 aliphatic heterocycles. The number of thiophene rings is 1. The van der Waals surface area contributed by atoms with Crippen LogP contribution in [0.15, 0.2) is 46.2 Å². The van der Waals surface area contributed by atoms with Gasteiger partial charge < -0.3 is 0 Å². The molecule has 0 bridgehead atoms. The summed E-state index contributed by atoms with van der Waals surface area (Å²) in [5.41, 5.74) is 0. The summed E-state index contributed by atoms with van der Waals surface area (Å²) in [6, 6.07) is 12.4. The van der Waals surface area contributed by atoms with Crippen LogP contribution in [0.4, 0.5) is 0 Å². The van der Waals surface area contributed by atoms with E-state index in [-0.39, 0.29) is 0 Å². The van der Waals surface area contributed by atoms with Gasteiger partial charge in [-0.3, -0.25) is 4.21 Å². The zero-order chi connectivity index (χ0) is 12.7. The Kier molecular flexibility index (Phi) is 3.18. The Morgan fingerprint density at radius 3 is 2.39 bits per heavy atom. The van der Waals surface area contributed by atoms with Crippen LogP contribution in [0.2, 0.25) is 0 Å². The molecule has 0 aliphatic rings. The van der Waals surface area contributed by atoms with Crippen molar-refractivity contribution in [2.24, 2.45) is 0 Å². The van der Waals surface area contributed by atoms with Gasteiger partial charge in [-0.15, -0.1) is 23.1 Å². The Hall–Kier alpha value is -0.840. The molecular formula is C14H12OS3. The van der Waals surface area contributed by atoms with Gasteiger partial charge >= 0.3 is 0 Å². The van der Waals surface area contributed by atoms with E-state index in [0.717, 1.165) is 4.90 Å². The summed E-state index contributed by atoms with van der Waals surface area (Å²) in [6.45, 7) is 0. The van der Waals surface area contributed by atoms with Gasteiger partial charge in [0, 0.05) is 36.2 Å². The average Bonchev–Trinajstić information content (AvgIpc) is 2.76. The van der Waals surface area contributed by atoms with Gasteiger partial charge in [0.15, 0.2) is 0 Å². The summed E-state index contributed by atoms with van der Waals surface area (Å²) in [5, 5.41) is 2.43. The molecule has 0 radical (unpaired) electrons. The fourth-order valence-corrected chi connectivity index (χ4v) is 4.90. The summed E-state index contributed by atoms with van der Waals surface area (Å²) >= 11 is 3.52. The van der Waals surface area contributed by atoms with Crippen molar-refractivity contribution >= 4 is 54.1 Å². The highest BCUT2D eigenvalue weighted by molar-refractivity contribution is 7.98. The van der Waals surface area contributed by atoms with Crippen molar-refractivity contribution in [2.75, 3.05) is 12.5 Å². The van der Waals surface area contributed by atoms with Crippen LogP contribution in [0.1, 0.15) is 0 Å². The number of benzene rings is 2. The van der Waals surface area contributed by atoms with E-state index in [9.17, 15) is 4.21 Å². The smallest absolute Gasteiger partial charge is 0.0504 e. The normalized spacial score (nSPS) is 13.2. The van der Waals surface area contributed by atoms with Crippen molar-refractivity contribution in [3.05, 3.63) is 36.4 Å². The van der Waals surface area contributed by atoms with Crippen LogP contribution in [-0.4, -0.2) is 16.7 Å². The summed E-state index contributed by atoms with van der Waals surface area (Å²) < 4.78 is 14.4. The van der Waals surface area contributed by atoms with Gasteiger partial charge in [0.25, 0.3) is 0 Å². The SMILES string of the molecule is CSc1cccc2sc3cccc(S(C)=O)c3c12. The third-order valence-electron chi connectivity index (χ3n) is 2.98. The second kappa shape index (κ2) is 4.68. The molecule has 1 nitrogen and oxygen atoms in total. The highest BCUT2D eigenvalue weighted by atomic mass is 32.2. The van der Waals surface area contributed by atoms with E-state index < -0.39 is 10.8 Å². The molecule has 1 unspecified atom stereocenters. The van der Waals surface area contributed by atoms with Crippen LogP contribution in [0.5, 0.6) is 0 Å². The van der Waals surface area contributed by atoms with Gasteiger partial charge in [0.1, 0.15) is 0 Å². The highest BCUT2D eigenvalue weighted by Gasteiger charge is 2.13. The van der Waals surface area contributed by atoms with Crippen molar-refractivity contribution in [1.29, 1.82) is 0 Å². The van der Waals surface area contributed by atoms with Crippen molar-refractivity contribution in [1.82, 2.24) is 0 Å². The number of hydrogen-bond acceptors (Lipinski definition) is 3. The van der Waals surface area contributed by atoms with E-state index in [1.165, 1.54) is 25.1 Å². The number of thioether (sulfide) groups is 1. The number of fused-ring (bicyclic) bond motifs is 3. The Morgan fingerprint density at radius 1 is 1.06 bits per heavy atom. The van der Waals surface area contributed by atoms with E-state index in [4.69, 9.17) is 0 Å². The predicted molar refractivity (Wildman–Crippen MR) is 83.4 cm³/mol. The zero-order valence-electron chi connectivity index (χ0n) is 10.1. The fourth-order valence-electron chi connectivity index (χ4n) is 2.21. The van der Waals surface area contributed by atoms with Crippen molar-refractivity contribution in [3.8, 4) is 0 Å². The Balaban J connectivity index is 2.57. The van der Waals surface area contributed by atoms with E-state index in [0.29, 0.717) is 0 Å². The first-order chi connectivity index (χ1) is 8.72. The van der Waals surface area contributed by atoms with Crippen LogP contribution in [-0.2, 0) is 10.8 Å². The minimum absolute atomic E-state index is 0.945. The lowest BCUT2D eigenvalue weighted by molar-refractivity contribution is 0.687. The van der Waals surface area contributed by atoms with E-state index >= 15 is 0 Å².